The summed E-state index contributed by atoms with van der Waals surface area (Å²) in [6.07, 6.45) is 16.1. The molecule has 2 rings (SSSR count). The van der Waals surface area contributed by atoms with Gasteiger partial charge in [0.1, 0.15) is 0 Å². The Labute approximate surface area is 105 Å². The van der Waals surface area contributed by atoms with E-state index in [2.05, 4.69) is 41.2 Å². The van der Waals surface area contributed by atoms with Gasteiger partial charge in [0.05, 0.1) is 0 Å². The molecule has 0 aliphatic carbocycles. The van der Waals surface area contributed by atoms with Crippen molar-refractivity contribution in [3.8, 4) is 0 Å². The Balaban J connectivity index is 0.000000202. The second-order valence-electron chi connectivity index (χ2n) is 4.00. The van der Waals surface area contributed by atoms with Crippen molar-refractivity contribution < 1.29 is 0 Å². The summed E-state index contributed by atoms with van der Waals surface area (Å²) in [5.41, 5.74) is 0. The van der Waals surface area contributed by atoms with Gasteiger partial charge in [0, 0.05) is 25.5 Å². The van der Waals surface area contributed by atoms with Gasteiger partial charge in [0.25, 0.3) is 0 Å². The van der Waals surface area contributed by atoms with E-state index in [0.29, 0.717) is 0 Å². The molecular weight excluding hydrogens is 208 g/mol. The van der Waals surface area contributed by atoms with Crippen LogP contribution in [0.1, 0.15) is 26.2 Å². The number of rotatable bonds is 4. The molecule has 0 atom stereocenters. The molecule has 1 aromatic rings. The normalized spacial score (nSPS) is 13.1. The van der Waals surface area contributed by atoms with Gasteiger partial charge in [0.2, 0.25) is 0 Å². The molecule has 0 saturated heterocycles. The van der Waals surface area contributed by atoms with Crippen LogP contribution in [0.5, 0.6) is 0 Å². The van der Waals surface area contributed by atoms with Crippen molar-refractivity contribution in [2.45, 2.75) is 26.2 Å². The number of hydrogen-bond acceptors (Lipinski definition) is 2. The van der Waals surface area contributed by atoms with Crippen molar-refractivity contribution in [2.24, 2.45) is 0 Å². The molecule has 2 heterocycles. The van der Waals surface area contributed by atoms with Crippen LogP contribution >= 0.6 is 0 Å². The lowest BCUT2D eigenvalue weighted by molar-refractivity contribution is 0.396. The van der Waals surface area contributed by atoms with Crippen LogP contribution in [-0.4, -0.2) is 23.0 Å². The monoisotopic (exact) mass is 230 g/mol. The highest BCUT2D eigenvalue weighted by Crippen LogP contribution is 2.02. The maximum Gasteiger partial charge on any atom is 0.0357 e. The Hall–Kier alpha value is -1.57. The Morgan fingerprint density at radius 3 is 2.35 bits per heavy atom. The summed E-state index contributed by atoms with van der Waals surface area (Å²) < 4.78 is 0. The van der Waals surface area contributed by atoms with E-state index in [-0.39, 0.29) is 0 Å². The first-order chi connectivity index (χ1) is 8.43. The zero-order valence-electron chi connectivity index (χ0n) is 10.6. The lowest BCUT2D eigenvalue weighted by Gasteiger charge is -2.19. The van der Waals surface area contributed by atoms with Crippen molar-refractivity contribution in [1.29, 1.82) is 0 Å². The van der Waals surface area contributed by atoms with E-state index in [1.165, 1.54) is 25.8 Å². The largest absolute Gasteiger partial charge is 0.374 e. The number of aromatic nitrogens is 1. The topological polar surface area (TPSA) is 16.1 Å². The number of pyridine rings is 1. The maximum atomic E-state index is 3.78. The number of nitrogens with zero attached hydrogens (tertiary/aromatic N) is 2. The summed E-state index contributed by atoms with van der Waals surface area (Å²) in [5, 5.41) is 0. The first-order valence-corrected chi connectivity index (χ1v) is 6.36. The smallest absolute Gasteiger partial charge is 0.0357 e. The summed E-state index contributed by atoms with van der Waals surface area (Å²) >= 11 is 0. The van der Waals surface area contributed by atoms with E-state index < -0.39 is 0 Å². The van der Waals surface area contributed by atoms with Gasteiger partial charge < -0.3 is 4.90 Å². The molecule has 0 N–H and O–H groups in total. The van der Waals surface area contributed by atoms with Gasteiger partial charge in [-0.25, -0.2) is 0 Å². The average Bonchev–Trinajstić information content (AvgIpc) is 2.43. The Morgan fingerprint density at radius 1 is 1.06 bits per heavy atom. The van der Waals surface area contributed by atoms with Gasteiger partial charge >= 0.3 is 0 Å². The van der Waals surface area contributed by atoms with Gasteiger partial charge in [-0.1, -0.05) is 38.0 Å². The van der Waals surface area contributed by atoms with Crippen molar-refractivity contribution in [1.82, 2.24) is 9.88 Å². The lowest BCUT2D eigenvalue weighted by Crippen LogP contribution is -2.19. The highest BCUT2D eigenvalue weighted by molar-refractivity contribution is 5.08. The van der Waals surface area contributed by atoms with Gasteiger partial charge in [0.15, 0.2) is 0 Å². The van der Waals surface area contributed by atoms with Crippen molar-refractivity contribution in [3.05, 3.63) is 55.0 Å². The van der Waals surface area contributed by atoms with Crippen LogP contribution in [0.4, 0.5) is 0 Å². The standard InChI is InChI=1S/C10H17N.C5H5N/c1-2-3-5-8-11-9-6-4-7-10-11;1-2-4-6-5-3-1/h4,6-7,9H,2-3,5,8,10H2,1H3;1-5H. The third-order valence-corrected chi connectivity index (χ3v) is 2.50. The Bertz CT molecular complexity index is 290. The molecule has 0 amide bonds. The van der Waals surface area contributed by atoms with Crippen molar-refractivity contribution in [3.63, 3.8) is 0 Å². The second kappa shape index (κ2) is 9.64. The van der Waals surface area contributed by atoms with E-state index in [9.17, 15) is 0 Å². The minimum atomic E-state index is 1.10. The van der Waals surface area contributed by atoms with Gasteiger partial charge in [-0.3, -0.25) is 4.98 Å². The molecule has 0 unspecified atom stereocenters. The summed E-state index contributed by atoms with van der Waals surface area (Å²) in [7, 11) is 0. The molecule has 92 valence electrons. The molecule has 1 aromatic heterocycles. The van der Waals surface area contributed by atoms with E-state index in [4.69, 9.17) is 0 Å². The van der Waals surface area contributed by atoms with Crippen LogP contribution in [0.2, 0.25) is 0 Å². The zero-order chi connectivity index (χ0) is 12.2. The molecule has 0 fully saturated rings. The predicted molar refractivity (Wildman–Crippen MR) is 73.6 cm³/mol. The van der Waals surface area contributed by atoms with E-state index >= 15 is 0 Å². The first kappa shape index (κ1) is 13.5. The molecule has 0 saturated carbocycles. The highest BCUT2D eigenvalue weighted by Gasteiger charge is 1.97. The molecule has 17 heavy (non-hydrogen) atoms. The quantitative estimate of drug-likeness (QED) is 0.734. The fourth-order valence-electron chi connectivity index (χ4n) is 1.55. The molecule has 2 nitrogen and oxygen atoms in total. The van der Waals surface area contributed by atoms with Crippen LogP contribution in [0.3, 0.4) is 0 Å². The average molecular weight is 230 g/mol. The summed E-state index contributed by atoms with van der Waals surface area (Å²) in [4.78, 5) is 6.14. The van der Waals surface area contributed by atoms with Gasteiger partial charge in [-0.15, -0.1) is 0 Å². The van der Waals surface area contributed by atoms with Crippen molar-refractivity contribution in [2.75, 3.05) is 13.1 Å². The van der Waals surface area contributed by atoms with Crippen molar-refractivity contribution >= 4 is 0 Å². The molecule has 0 radical (unpaired) electrons. The van der Waals surface area contributed by atoms with Crippen LogP contribution in [0.15, 0.2) is 55.0 Å². The van der Waals surface area contributed by atoms with E-state index in [1.807, 2.05) is 18.2 Å². The molecular formula is C15H22N2. The highest BCUT2D eigenvalue weighted by atomic mass is 15.1. The minimum absolute atomic E-state index is 1.10. The van der Waals surface area contributed by atoms with Gasteiger partial charge in [-0.05, 0) is 30.8 Å². The molecule has 0 bridgehead atoms. The van der Waals surface area contributed by atoms with Crippen LogP contribution in [-0.2, 0) is 0 Å². The molecule has 0 aromatic carbocycles. The fourth-order valence-corrected chi connectivity index (χ4v) is 1.55. The van der Waals surface area contributed by atoms with Gasteiger partial charge in [-0.2, -0.15) is 0 Å². The third-order valence-electron chi connectivity index (χ3n) is 2.50. The summed E-state index contributed by atoms with van der Waals surface area (Å²) in [6, 6.07) is 5.72. The number of allylic oxidation sites excluding steroid dienone is 2. The Kier molecular flexibility index (Phi) is 7.65. The van der Waals surface area contributed by atoms with E-state index in [0.717, 1.165) is 6.54 Å². The fraction of sp³-hybridized carbons (Fsp3) is 0.400. The Morgan fingerprint density at radius 2 is 1.88 bits per heavy atom. The molecule has 0 spiro atoms. The van der Waals surface area contributed by atoms with E-state index in [1.54, 1.807) is 12.4 Å². The van der Waals surface area contributed by atoms with Crippen LogP contribution in [0, 0.1) is 0 Å². The lowest BCUT2D eigenvalue weighted by atomic mass is 10.2. The maximum absolute atomic E-state index is 3.78. The summed E-state index contributed by atoms with van der Waals surface area (Å²) in [6.45, 7) is 4.56. The molecule has 1 aliphatic heterocycles. The molecule has 1 aliphatic rings. The number of hydrogen-bond donors (Lipinski definition) is 0. The minimum Gasteiger partial charge on any atom is -0.374 e. The van der Waals surface area contributed by atoms with Crippen LogP contribution < -0.4 is 0 Å². The third kappa shape index (κ3) is 7.34. The first-order valence-electron chi connectivity index (χ1n) is 6.36. The zero-order valence-corrected chi connectivity index (χ0v) is 10.6. The summed E-state index contributed by atoms with van der Waals surface area (Å²) in [5.74, 6) is 0. The second-order valence-corrected chi connectivity index (χ2v) is 4.00. The molecule has 2 heteroatoms. The SMILES string of the molecule is CCCCCN1C=CC=CC1.c1ccncc1. The van der Waals surface area contributed by atoms with Crippen LogP contribution in [0.25, 0.3) is 0 Å². The number of unbranched alkanes of at least 4 members (excludes halogenated alkanes) is 2. The predicted octanol–water partition coefficient (Wildman–Crippen LogP) is 3.64.